The van der Waals surface area contributed by atoms with E-state index in [1.807, 2.05) is 24.1 Å². The summed E-state index contributed by atoms with van der Waals surface area (Å²) in [5.41, 5.74) is 0.898. The van der Waals surface area contributed by atoms with Crippen LogP contribution in [0.2, 0.25) is 0 Å². The Kier molecular flexibility index (Phi) is 5.49. The number of nitrogens with zero attached hydrogens (tertiary/aromatic N) is 2. The van der Waals surface area contributed by atoms with Crippen molar-refractivity contribution in [2.45, 2.75) is 19.9 Å². The number of carbonyl (C=O) groups excluding carboxylic acids is 2. The molecule has 0 N–H and O–H groups in total. The van der Waals surface area contributed by atoms with Crippen molar-refractivity contribution >= 4 is 11.9 Å². The quantitative estimate of drug-likeness (QED) is 0.767. The first kappa shape index (κ1) is 16.4. The smallest absolute Gasteiger partial charge is 0.311 e. The lowest BCUT2D eigenvalue weighted by Gasteiger charge is -2.24. The van der Waals surface area contributed by atoms with Gasteiger partial charge in [0.25, 0.3) is 0 Å². The average molecular weight is 306 g/mol. The van der Waals surface area contributed by atoms with E-state index >= 15 is 0 Å². The zero-order valence-corrected chi connectivity index (χ0v) is 13.2. The summed E-state index contributed by atoms with van der Waals surface area (Å²) >= 11 is 0. The second-order valence-corrected chi connectivity index (χ2v) is 5.31. The molecular formula is C16H22N2O4. The molecule has 2 rings (SSSR count). The summed E-state index contributed by atoms with van der Waals surface area (Å²) in [5.74, 6) is -1.81. The zero-order chi connectivity index (χ0) is 16.1. The number of hydrogen-bond acceptors (Lipinski definition) is 6. The normalized spacial score (nSPS) is 25.0. The van der Waals surface area contributed by atoms with Gasteiger partial charge in [-0.15, -0.1) is 0 Å². The van der Waals surface area contributed by atoms with E-state index in [1.54, 1.807) is 26.2 Å². The van der Waals surface area contributed by atoms with E-state index in [0.717, 1.165) is 5.56 Å². The fraction of sp³-hybridized carbons (Fsp3) is 0.562. The van der Waals surface area contributed by atoms with Gasteiger partial charge in [-0.1, -0.05) is 6.07 Å². The number of carbonyl (C=O) groups is 2. The SMILES string of the molecule is CCOC(=O)[C@@H]1[C@@H](C(=O)OCC)CN(C)[C@H]1c1cccnc1. The van der Waals surface area contributed by atoms with E-state index in [1.165, 1.54) is 0 Å². The molecule has 0 amide bonds. The molecule has 22 heavy (non-hydrogen) atoms. The van der Waals surface area contributed by atoms with Gasteiger partial charge in [-0.2, -0.15) is 0 Å². The molecule has 0 aliphatic carbocycles. The lowest BCUT2D eigenvalue weighted by molar-refractivity contribution is -0.159. The van der Waals surface area contributed by atoms with E-state index < -0.39 is 11.8 Å². The minimum Gasteiger partial charge on any atom is -0.466 e. The lowest BCUT2D eigenvalue weighted by Crippen LogP contribution is -2.33. The van der Waals surface area contributed by atoms with E-state index in [4.69, 9.17) is 9.47 Å². The fourth-order valence-electron chi connectivity index (χ4n) is 3.05. The van der Waals surface area contributed by atoms with Gasteiger partial charge < -0.3 is 9.47 Å². The van der Waals surface area contributed by atoms with Gasteiger partial charge in [0.05, 0.1) is 31.1 Å². The molecule has 1 aliphatic rings. The number of aromatic nitrogens is 1. The van der Waals surface area contributed by atoms with Crippen LogP contribution in [-0.2, 0) is 19.1 Å². The van der Waals surface area contributed by atoms with Crippen molar-refractivity contribution in [1.82, 2.24) is 9.88 Å². The third-order valence-electron chi connectivity index (χ3n) is 3.91. The second-order valence-electron chi connectivity index (χ2n) is 5.31. The predicted octanol–water partition coefficient (Wildman–Crippen LogP) is 1.43. The van der Waals surface area contributed by atoms with Crippen LogP contribution in [0.25, 0.3) is 0 Å². The largest absolute Gasteiger partial charge is 0.466 e. The molecular weight excluding hydrogens is 284 g/mol. The Labute approximate surface area is 130 Å². The maximum atomic E-state index is 12.4. The molecule has 6 nitrogen and oxygen atoms in total. The maximum absolute atomic E-state index is 12.4. The predicted molar refractivity (Wildman–Crippen MR) is 79.9 cm³/mol. The molecule has 0 saturated carbocycles. The molecule has 120 valence electrons. The molecule has 0 spiro atoms. The maximum Gasteiger partial charge on any atom is 0.311 e. The average Bonchev–Trinajstić information content (AvgIpc) is 2.86. The van der Waals surface area contributed by atoms with Crippen LogP contribution in [0.1, 0.15) is 25.5 Å². The molecule has 6 heteroatoms. The monoisotopic (exact) mass is 306 g/mol. The fourth-order valence-corrected chi connectivity index (χ4v) is 3.05. The summed E-state index contributed by atoms with van der Waals surface area (Å²) in [4.78, 5) is 30.7. The molecule has 1 aromatic rings. The molecule has 3 atom stereocenters. The van der Waals surface area contributed by atoms with Gasteiger partial charge in [-0.3, -0.25) is 19.5 Å². The molecule has 1 aromatic heterocycles. The summed E-state index contributed by atoms with van der Waals surface area (Å²) in [5, 5.41) is 0. The van der Waals surface area contributed by atoms with Crippen molar-refractivity contribution in [3.63, 3.8) is 0 Å². The Hall–Kier alpha value is -1.95. The summed E-state index contributed by atoms with van der Waals surface area (Å²) in [6, 6.07) is 3.50. The van der Waals surface area contributed by atoms with Crippen molar-refractivity contribution in [3.8, 4) is 0 Å². The first-order valence-electron chi connectivity index (χ1n) is 7.53. The summed E-state index contributed by atoms with van der Waals surface area (Å²) in [6.07, 6.45) is 3.40. The summed E-state index contributed by atoms with van der Waals surface area (Å²) in [7, 11) is 1.89. The molecule has 1 saturated heterocycles. The van der Waals surface area contributed by atoms with Crippen molar-refractivity contribution in [2.24, 2.45) is 11.8 Å². The van der Waals surface area contributed by atoms with Crippen LogP contribution in [0.4, 0.5) is 0 Å². The first-order chi connectivity index (χ1) is 10.6. The zero-order valence-electron chi connectivity index (χ0n) is 13.2. The number of esters is 2. The van der Waals surface area contributed by atoms with Gasteiger partial charge in [-0.25, -0.2) is 0 Å². The molecule has 0 radical (unpaired) electrons. The van der Waals surface area contributed by atoms with Gasteiger partial charge in [0.1, 0.15) is 0 Å². The second kappa shape index (κ2) is 7.35. The third kappa shape index (κ3) is 3.27. The molecule has 1 aliphatic heterocycles. The number of ether oxygens (including phenoxy) is 2. The summed E-state index contributed by atoms with van der Waals surface area (Å²) in [6.45, 7) is 4.56. The van der Waals surface area contributed by atoms with Crippen LogP contribution in [0.5, 0.6) is 0 Å². The van der Waals surface area contributed by atoms with E-state index in [9.17, 15) is 9.59 Å². The Morgan fingerprint density at radius 3 is 2.55 bits per heavy atom. The number of likely N-dealkylation sites (tertiary alicyclic amines) is 1. The van der Waals surface area contributed by atoms with Crippen molar-refractivity contribution in [3.05, 3.63) is 30.1 Å². The molecule has 1 fully saturated rings. The number of hydrogen-bond donors (Lipinski definition) is 0. The highest BCUT2D eigenvalue weighted by Gasteiger charge is 2.49. The minimum absolute atomic E-state index is 0.234. The lowest BCUT2D eigenvalue weighted by atomic mass is 9.87. The third-order valence-corrected chi connectivity index (χ3v) is 3.91. The van der Waals surface area contributed by atoms with Gasteiger partial charge in [0.2, 0.25) is 0 Å². The highest BCUT2D eigenvalue weighted by Crippen LogP contribution is 2.41. The molecule has 2 heterocycles. The highest BCUT2D eigenvalue weighted by atomic mass is 16.5. The molecule has 0 bridgehead atoms. The van der Waals surface area contributed by atoms with Crippen LogP contribution >= 0.6 is 0 Å². The van der Waals surface area contributed by atoms with Gasteiger partial charge in [-0.05, 0) is 32.5 Å². The van der Waals surface area contributed by atoms with Gasteiger partial charge in [0.15, 0.2) is 0 Å². The van der Waals surface area contributed by atoms with Crippen molar-refractivity contribution in [1.29, 1.82) is 0 Å². The van der Waals surface area contributed by atoms with Crippen molar-refractivity contribution in [2.75, 3.05) is 26.8 Å². The van der Waals surface area contributed by atoms with Crippen molar-refractivity contribution < 1.29 is 19.1 Å². The Morgan fingerprint density at radius 1 is 1.27 bits per heavy atom. The molecule has 0 aromatic carbocycles. The standard InChI is InChI=1S/C16H22N2O4/c1-4-21-15(19)12-10-18(3)14(11-7-6-8-17-9-11)13(12)16(20)22-5-2/h6-9,12-14H,4-5,10H2,1-3H3/t12-,13+,14-/m0/s1. The Morgan fingerprint density at radius 2 is 1.95 bits per heavy atom. The summed E-state index contributed by atoms with van der Waals surface area (Å²) < 4.78 is 10.3. The van der Waals surface area contributed by atoms with Crippen LogP contribution in [-0.4, -0.2) is 48.6 Å². The highest BCUT2D eigenvalue weighted by molar-refractivity contribution is 5.84. The van der Waals surface area contributed by atoms with E-state index in [2.05, 4.69) is 4.98 Å². The molecule has 0 unspecified atom stereocenters. The minimum atomic E-state index is -0.576. The van der Waals surface area contributed by atoms with Crippen LogP contribution in [0.3, 0.4) is 0 Å². The Bertz CT molecular complexity index is 520. The van der Waals surface area contributed by atoms with Crippen LogP contribution in [0.15, 0.2) is 24.5 Å². The van der Waals surface area contributed by atoms with Crippen LogP contribution < -0.4 is 0 Å². The van der Waals surface area contributed by atoms with Gasteiger partial charge >= 0.3 is 11.9 Å². The van der Waals surface area contributed by atoms with E-state index in [0.29, 0.717) is 13.2 Å². The van der Waals surface area contributed by atoms with E-state index in [-0.39, 0.29) is 24.6 Å². The Balaban J connectivity index is 2.34. The number of rotatable bonds is 5. The number of pyridine rings is 1. The first-order valence-corrected chi connectivity index (χ1v) is 7.53. The van der Waals surface area contributed by atoms with Crippen LogP contribution in [0, 0.1) is 11.8 Å². The topological polar surface area (TPSA) is 68.7 Å². The van der Waals surface area contributed by atoms with Gasteiger partial charge in [0, 0.05) is 18.9 Å².